The van der Waals surface area contributed by atoms with Gasteiger partial charge in [-0.1, -0.05) is 20.8 Å². The second-order valence-electron chi connectivity index (χ2n) is 8.24. The molecule has 0 saturated heterocycles. The molecule has 0 aromatic carbocycles. The van der Waals surface area contributed by atoms with Crippen LogP contribution >= 0.6 is 12.6 Å². The zero-order valence-electron chi connectivity index (χ0n) is 16.6. The summed E-state index contributed by atoms with van der Waals surface area (Å²) >= 11 is 4.14. The van der Waals surface area contributed by atoms with E-state index in [1.54, 1.807) is 10.9 Å². The molecular formula is C17H29N5O3SSi. The fraction of sp³-hybridized carbons (Fsp3) is 0.647. The smallest absolute Gasteiger partial charge is 0.280 e. The summed E-state index contributed by atoms with van der Waals surface area (Å²) < 4.78 is 7.99. The summed E-state index contributed by atoms with van der Waals surface area (Å²) in [4.78, 5) is 34.9. The number of carbonyl (C=O) groups is 1. The molecule has 0 aliphatic rings. The number of carbonyl (C=O) groups excluding carboxylic acids is 1. The van der Waals surface area contributed by atoms with Crippen molar-refractivity contribution in [2.75, 3.05) is 18.1 Å². The maximum absolute atomic E-state index is 12.4. The van der Waals surface area contributed by atoms with Crippen molar-refractivity contribution in [3.05, 3.63) is 16.7 Å². The van der Waals surface area contributed by atoms with Gasteiger partial charge in [0.1, 0.15) is 5.78 Å². The molecule has 0 amide bonds. The number of nitrogens with one attached hydrogen (secondary N) is 1. The molecule has 0 radical (unpaired) electrons. The normalized spacial score (nSPS) is 13.9. The highest BCUT2D eigenvalue weighted by Crippen LogP contribution is 2.37. The average molecular weight is 412 g/mol. The molecular weight excluding hydrogens is 382 g/mol. The molecule has 0 spiro atoms. The Bertz CT molecular complexity index is 872. The lowest BCUT2D eigenvalue weighted by Crippen LogP contribution is -2.42. The van der Waals surface area contributed by atoms with Gasteiger partial charge in [-0.15, -0.1) is 0 Å². The van der Waals surface area contributed by atoms with E-state index in [-0.39, 0.29) is 39.5 Å². The Hall–Kier alpha value is -1.65. The van der Waals surface area contributed by atoms with Gasteiger partial charge >= 0.3 is 0 Å². The van der Waals surface area contributed by atoms with E-state index in [9.17, 15) is 9.59 Å². The van der Waals surface area contributed by atoms with E-state index < -0.39 is 8.32 Å². The number of hydrogen-bond donors (Lipinski definition) is 3. The molecule has 1 unspecified atom stereocenters. The summed E-state index contributed by atoms with van der Waals surface area (Å²) in [6.07, 6.45) is 2.09. The van der Waals surface area contributed by atoms with E-state index in [4.69, 9.17) is 10.2 Å². The van der Waals surface area contributed by atoms with Crippen LogP contribution in [0.25, 0.3) is 11.2 Å². The average Bonchev–Trinajstić information content (AvgIpc) is 2.96. The molecule has 2 rings (SSSR count). The maximum atomic E-state index is 12.4. The van der Waals surface area contributed by atoms with Crippen molar-refractivity contribution in [2.24, 2.45) is 5.92 Å². The Morgan fingerprint density at radius 2 is 2.11 bits per heavy atom. The van der Waals surface area contributed by atoms with Crippen molar-refractivity contribution in [3.63, 3.8) is 0 Å². The van der Waals surface area contributed by atoms with Crippen molar-refractivity contribution in [1.29, 1.82) is 0 Å². The van der Waals surface area contributed by atoms with E-state index in [2.05, 4.69) is 61.4 Å². The molecule has 1 atom stereocenters. The van der Waals surface area contributed by atoms with Crippen molar-refractivity contribution in [1.82, 2.24) is 19.5 Å². The van der Waals surface area contributed by atoms with Crippen molar-refractivity contribution in [3.8, 4) is 0 Å². The van der Waals surface area contributed by atoms with Gasteiger partial charge in [0, 0.05) is 24.8 Å². The molecule has 0 aliphatic carbocycles. The molecule has 10 heteroatoms. The van der Waals surface area contributed by atoms with Crippen LogP contribution in [0.15, 0.2) is 11.1 Å². The van der Waals surface area contributed by atoms with Crippen LogP contribution in [0.4, 0.5) is 5.95 Å². The molecule has 2 heterocycles. The molecule has 0 saturated carbocycles. The molecule has 8 nitrogen and oxygen atoms in total. The molecule has 0 bridgehead atoms. The predicted octanol–water partition coefficient (Wildman–Crippen LogP) is 2.23. The minimum absolute atomic E-state index is 0.0403. The van der Waals surface area contributed by atoms with Gasteiger partial charge in [-0.2, -0.15) is 17.6 Å². The van der Waals surface area contributed by atoms with E-state index in [0.29, 0.717) is 25.2 Å². The Balaban J connectivity index is 2.14. The predicted molar refractivity (Wildman–Crippen MR) is 113 cm³/mol. The zero-order valence-corrected chi connectivity index (χ0v) is 18.5. The first-order chi connectivity index (χ1) is 12.5. The number of Topliss-reactive ketones (excluding diaryl/α,β-unsaturated/α-hetero) is 1. The topological polar surface area (TPSA) is 116 Å². The van der Waals surface area contributed by atoms with Crippen LogP contribution in [-0.4, -0.2) is 46.0 Å². The number of aryl methyl sites for hydroxylation is 1. The van der Waals surface area contributed by atoms with E-state index >= 15 is 0 Å². The molecule has 0 fully saturated rings. The number of anilines is 1. The second-order valence-corrected chi connectivity index (χ2v) is 13.4. The molecule has 2 aromatic heterocycles. The first-order valence-electron chi connectivity index (χ1n) is 8.94. The molecule has 150 valence electrons. The summed E-state index contributed by atoms with van der Waals surface area (Å²) in [6, 6.07) is 0. The fourth-order valence-corrected chi connectivity index (χ4v) is 3.73. The van der Waals surface area contributed by atoms with Gasteiger partial charge in [0.2, 0.25) is 5.95 Å². The number of ketones is 1. The van der Waals surface area contributed by atoms with E-state index in [1.807, 2.05) is 0 Å². The number of thiol groups is 1. The minimum Gasteiger partial charge on any atom is -0.416 e. The Morgan fingerprint density at radius 3 is 2.70 bits per heavy atom. The Labute approximate surface area is 165 Å². The van der Waals surface area contributed by atoms with Gasteiger partial charge in [0.15, 0.2) is 19.5 Å². The van der Waals surface area contributed by atoms with Gasteiger partial charge in [-0.3, -0.25) is 14.6 Å². The summed E-state index contributed by atoms with van der Waals surface area (Å²) in [5.74, 6) is -0.0140. The van der Waals surface area contributed by atoms with Crippen LogP contribution in [0.5, 0.6) is 0 Å². The highest BCUT2D eigenvalue weighted by Gasteiger charge is 2.38. The van der Waals surface area contributed by atoms with Crippen molar-refractivity contribution >= 4 is 43.8 Å². The first-order valence-corrected chi connectivity index (χ1v) is 12.5. The van der Waals surface area contributed by atoms with Gasteiger partial charge < -0.3 is 14.7 Å². The SMILES string of the molecule is CC(C)(C)[Si](C)(C)OCC(CCn1cnc2c(=O)[nH]c(N)nc21)C(=O)CS. The number of nitrogens with two attached hydrogens (primary N) is 1. The third kappa shape index (κ3) is 4.99. The van der Waals surface area contributed by atoms with Gasteiger partial charge in [-0.25, -0.2) is 4.98 Å². The van der Waals surface area contributed by atoms with Gasteiger partial charge in [0.25, 0.3) is 5.56 Å². The lowest BCUT2D eigenvalue weighted by molar-refractivity contribution is -0.121. The number of H-pyrrole nitrogens is 1. The minimum atomic E-state index is -1.95. The third-order valence-corrected chi connectivity index (χ3v) is 10.1. The van der Waals surface area contributed by atoms with Crippen LogP contribution in [0, 0.1) is 5.92 Å². The summed E-state index contributed by atoms with van der Waals surface area (Å²) in [6.45, 7) is 11.7. The van der Waals surface area contributed by atoms with Crippen LogP contribution in [0.3, 0.4) is 0 Å². The number of aromatic amines is 1. The number of hydrogen-bond acceptors (Lipinski definition) is 7. The first kappa shape index (κ1) is 21.6. The van der Waals surface area contributed by atoms with Gasteiger partial charge in [0.05, 0.1) is 6.33 Å². The number of nitrogen functional groups attached to an aromatic ring is 1. The number of rotatable bonds is 8. The van der Waals surface area contributed by atoms with Crippen LogP contribution in [0.1, 0.15) is 27.2 Å². The summed E-state index contributed by atoms with van der Waals surface area (Å²) in [5, 5.41) is 0.0740. The van der Waals surface area contributed by atoms with Crippen LogP contribution in [-0.2, 0) is 15.8 Å². The number of nitrogens with zero attached hydrogens (tertiary/aromatic N) is 3. The lowest BCUT2D eigenvalue weighted by Gasteiger charge is -2.37. The standard InChI is InChI=1S/C17H29N5O3SSi/c1-17(2,3)27(4,5)25-8-11(12(23)9-26)6-7-22-10-19-13-14(22)20-16(18)21-15(13)24/h10-11,26H,6-9H2,1-5H3,(H3,18,20,21,24). The summed E-state index contributed by atoms with van der Waals surface area (Å²) in [5.41, 5.74) is 5.90. The van der Waals surface area contributed by atoms with E-state index in [1.165, 1.54) is 0 Å². The largest absolute Gasteiger partial charge is 0.416 e. The van der Waals surface area contributed by atoms with Crippen molar-refractivity contribution in [2.45, 2.75) is 51.9 Å². The lowest BCUT2D eigenvalue weighted by atomic mass is 10.0. The maximum Gasteiger partial charge on any atom is 0.280 e. The third-order valence-electron chi connectivity index (χ3n) is 5.27. The molecule has 3 N–H and O–H groups in total. The van der Waals surface area contributed by atoms with Crippen LogP contribution in [0.2, 0.25) is 18.1 Å². The number of imidazole rings is 1. The van der Waals surface area contributed by atoms with Gasteiger partial charge in [-0.05, 0) is 24.6 Å². The second kappa shape index (κ2) is 8.15. The van der Waals surface area contributed by atoms with Crippen molar-refractivity contribution < 1.29 is 9.22 Å². The fourth-order valence-electron chi connectivity index (χ4n) is 2.42. The molecule has 27 heavy (non-hydrogen) atoms. The molecule has 2 aromatic rings. The zero-order chi connectivity index (χ0) is 20.4. The van der Waals surface area contributed by atoms with Crippen LogP contribution < -0.4 is 11.3 Å². The highest BCUT2D eigenvalue weighted by atomic mass is 32.1. The monoisotopic (exact) mass is 411 g/mol. The summed E-state index contributed by atoms with van der Waals surface area (Å²) in [7, 11) is -1.95. The van der Waals surface area contributed by atoms with E-state index in [0.717, 1.165) is 0 Å². The Morgan fingerprint density at radius 1 is 1.44 bits per heavy atom. The number of fused-ring (bicyclic) bond motifs is 1. The number of aromatic nitrogens is 4. The molecule has 0 aliphatic heterocycles. The quantitative estimate of drug-likeness (QED) is 0.453. The highest BCUT2D eigenvalue weighted by molar-refractivity contribution is 7.81. The Kier molecular flexibility index (Phi) is 6.54.